The van der Waals surface area contributed by atoms with Crippen LogP contribution < -0.4 is 0 Å². The maximum atomic E-state index is 12.1. The number of hydrogen-bond donors (Lipinski definition) is 2. The average Bonchev–Trinajstić information content (AvgIpc) is 2.35. The summed E-state index contributed by atoms with van der Waals surface area (Å²) in [6, 6.07) is 0. The van der Waals surface area contributed by atoms with Crippen LogP contribution in [0.1, 0.15) is 33.6 Å². The number of carbonyl (C=O) groups excluding carboxylic acids is 1. The smallest absolute Gasteiger partial charge is 0.181 e. The van der Waals surface area contributed by atoms with Crippen LogP contribution in [0.3, 0.4) is 0 Å². The summed E-state index contributed by atoms with van der Waals surface area (Å²) < 4.78 is 0. The number of hydrogen-bond acceptors (Lipinski definition) is 3. The minimum atomic E-state index is -0.502. The normalized spacial score (nSPS) is 37.7. The summed E-state index contributed by atoms with van der Waals surface area (Å²) in [5.41, 5.74) is 1.29. The Kier molecular flexibility index (Phi) is 3.47. The lowest BCUT2D eigenvalue weighted by molar-refractivity contribution is -0.112. The molecule has 0 bridgehead atoms. The van der Waals surface area contributed by atoms with Gasteiger partial charge in [-0.2, -0.15) is 0 Å². The zero-order valence-electron chi connectivity index (χ0n) is 11.3. The molecule has 0 aromatic carbocycles. The van der Waals surface area contributed by atoms with E-state index in [-0.39, 0.29) is 23.7 Å². The van der Waals surface area contributed by atoms with Gasteiger partial charge in [0.15, 0.2) is 5.78 Å². The average molecular weight is 250 g/mol. The van der Waals surface area contributed by atoms with Crippen LogP contribution in [0, 0.1) is 17.3 Å². The van der Waals surface area contributed by atoms with E-state index in [0.29, 0.717) is 11.5 Å². The first-order chi connectivity index (χ1) is 8.40. The molecule has 2 aliphatic rings. The van der Waals surface area contributed by atoms with Crippen LogP contribution in [0.2, 0.25) is 0 Å². The number of fused-ring (bicyclic) bond motifs is 1. The van der Waals surface area contributed by atoms with E-state index in [1.165, 1.54) is 0 Å². The molecule has 0 amide bonds. The highest BCUT2D eigenvalue weighted by Gasteiger charge is 2.43. The molecule has 0 saturated heterocycles. The predicted octanol–water partition coefficient (Wildman–Crippen LogP) is 1.85. The number of carbonyl (C=O) groups is 1. The molecule has 1 fully saturated rings. The van der Waals surface area contributed by atoms with Gasteiger partial charge in [-0.1, -0.05) is 26.8 Å². The van der Waals surface area contributed by atoms with Gasteiger partial charge in [-0.15, -0.1) is 0 Å². The second kappa shape index (κ2) is 4.63. The molecule has 0 spiro atoms. The molecule has 0 aromatic heterocycles. The van der Waals surface area contributed by atoms with Crippen LogP contribution in [0.25, 0.3) is 0 Å². The van der Waals surface area contributed by atoms with Gasteiger partial charge < -0.3 is 10.2 Å². The van der Waals surface area contributed by atoms with Crippen molar-refractivity contribution >= 4 is 5.78 Å². The highest BCUT2D eigenvalue weighted by Crippen LogP contribution is 2.49. The summed E-state index contributed by atoms with van der Waals surface area (Å²) >= 11 is 0. The Morgan fingerprint density at radius 3 is 2.78 bits per heavy atom. The Morgan fingerprint density at radius 1 is 1.50 bits per heavy atom. The fourth-order valence-electron chi connectivity index (χ4n) is 3.09. The van der Waals surface area contributed by atoms with Crippen LogP contribution >= 0.6 is 0 Å². The van der Waals surface area contributed by atoms with Crippen molar-refractivity contribution in [1.29, 1.82) is 0 Å². The van der Waals surface area contributed by atoms with Crippen molar-refractivity contribution in [2.75, 3.05) is 6.61 Å². The van der Waals surface area contributed by atoms with Crippen LogP contribution in [0.15, 0.2) is 23.3 Å². The number of allylic oxidation sites excluding steroid dienone is 2. The van der Waals surface area contributed by atoms with Crippen LogP contribution in [0.5, 0.6) is 0 Å². The molecule has 1 saturated carbocycles. The zero-order chi connectivity index (χ0) is 13.5. The first kappa shape index (κ1) is 13.5. The highest BCUT2D eigenvalue weighted by atomic mass is 16.3. The SMILES string of the molecule is C[C@@H](CO)C1=C[C@@]2(C)C(=CC1=O)[C@H](O)CC[C@@H]2C. The standard InChI is InChI=1S/C15H22O3/c1-9(8-16)11-7-15(3)10(2)4-5-13(17)12(15)6-14(11)18/h6-7,9-10,13,16-17H,4-5,8H2,1-3H3/t9-,10-,13+,15+/m0/s1. The lowest BCUT2D eigenvalue weighted by atomic mass is 9.60. The van der Waals surface area contributed by atoms with Crippen LogP contribution in [-0.4, -0.2) is 28.7 Å². The molecule has 100 valence electrons. The van der Waals surface area contributed by atoms with Crippen molar-refractivity contribution in [2.45, 2.75) is 39.7 Å². The van der Waals surface area contributed by atoms with Gasteiger partial charge in [0.2, 0.25) is 0 Å². The van der Waals surface area contributed by atoms with E-state index >= 15 is 0 Å². The number of aliphatic hydroxyl groups is 2. The number of aliphatic hydroxyl groups excluding tert-OH is 2. The minimum Gasteiger partial charge on any atom is -0.396 e. The molecule has 0 aliphatic heterocycles. The van der Waals surface area contributed by atoms with E-state index < -0.39 is 6.10 Å². The summed E-state index contributed by atoms with van der Waals surface area (Å²) in [7, 11) is 0. The summed E-state index contributed by atoms with van der Waals surface area (Å²) in [5.74, 6) is 0.205. The Morgan fingerprint density at radius 2 is 2.17 bits per heavy atom. The van der Waals surface area contributed by atoms with Gasteiger partial charge in [0.25, 0.3) is 0 Å². The van der Waals surface area contributed by atoms with Crippen molar-refractivity contribution in [3.8, 4) is 0 Å². The third-order valence-corrected chi connectivity index (χ3v) is 4.71. The van der Waals surface area contributed by atoms with Gasteiger partial charge in [0, 0.05) is 23.5 Å². The van der Waals surface area contributed by atoms with Crippen molar-refractivity contribution < 1.29 is 15.0 Å². The Hall–Kier alpha value is -0.930. The van der Waals surface area contributed by atoms with E-state index in [1.807, 2.05) is 13.0 Å². The lowest BCUT2D eigenvalue weighted by Crippen LogP contribution is -2.40. The largest absolute Gasteiger partial charge is 0.396 e. The molecule has 2 aliphatic carbocycles. The Balaban J connectivity index is 2.45. The van der Waals surface area contributed by atoms with Crippen LogP contribution in [0.4, 0.5) is 0 Å². The quantitative estimate of drug-likeness (QED) is 0.786. The van der Waals surface area contributed by atoms with Gasteiger partial charge in [-0.3, -0.25) is 4.79 Å². The second-order valence-electron chi connectivity index (χ2n) is 5.92. The summed E-state index contributed by atoms with van der Waals surface area (Å²) in [6.07, 6.45) is 4.77. The molecule has 0 heterocycles. The van der Waals surface area contributed by atoms with E-state index in [0.717, 1.165) is 18.4 Å². The molecular formula is C15H22O3. The molecule has 2 N–H and O–H groups in total. The van der Waals surface area contributed by atoms with Crippen molar-refractivity contribution in [3.63, 3.8) is 0 Å². The topological polar surface area (TPSA) is 57.5 Å². The molecule has 0 aromatic rings. The number of rotatable bonds is 2. The van der Waals surface area contributed by atoms with Gasteiger partial charge in [0.05, 0.1) is 6.10 Å². The van der Waals surface area contributed by atoms with Gasteiger partial charge in [-0.25, -0.2) is 0 Å². The summed E-state index contributed by atoms with van der Waals surface area (Å²) in [6.45, 7) is 6.08. The van der Waals surface area contributed by atoms with Gasteiger partial charge in [-0.05, 0) is 30.4 Å². The molecule has 18 heavy (non-hydrogen) atoms. The Labute approximate surface area is 108 Å². The zero-order valence-corrected chi connectivity index (χ0v) is 11.3. The molecule has 0 radical (unpaired) electrons. The molecular weight excluding hydrogens is 228 g/mol. The Bertz CT molecular complexity index is 421. The fourth-order valence-corrected chi connectivity index (χ4v) is 3.09. The van der Waals surface area contributed by atoms with Crippen molar-refractivity contribution in [1.82, 2.24) is 0 Å². The lowest BCUT2D eigenvalue weighted by Gasteiger charge is -2.45. The van der Waals surface area contributed by atoms with E-state index in [9.17, 15) is 15.0 Å². The van der Waals surface area contributed by atoms with E-state index in [1.54, 1.807) is 6.08 Å². The first-order valence-corrected chi connectivity index (χ1v) is 6.68. The van der Waals surface area contributed by atoms with E-state index in [2.05, 4.69) is 13.8 Å². The molecule has 3 heteroatoms. The van der Waals surface area contributed by atoms with Crippen molar-refractivity contribution in [2.24, 2.45) is 17.3 Å². The molecule has 4 atom stereocenters. The van der Waals surface area contributed by atoms with Crippen molar-refractivity contribution in [3.05, 3.63) is 23.3 Å². The maximum absolute atomic E-state index is 12.1. The van der Waals surface area contributed by atoms with Crippen LogP contribution in [-0.2, 0) is 4.79 Å². The minimum absolute atomic E-state index is 0.0201. The highest BCUT2D eigenvalue weighted by molar-refractivity contribution is 6.06. The maximum Gasteiger partial charge on any atom is 0.181 e. The van der Waals surface area contributed by atoms with Gasteiger partial charge in [0.1, 0.15) is 0 Å². The van der Waals surface area contributed by atoms with E-state index in [4.69, 9.17) is 0 Å². The summed E-state index contributed by atoms with van der Waals surface area (Å²) in [5, 5.41) is 19.3. The third kappa shape index (κ3) is 1.95. The monoisotopic (exact) mass is 250 g/mol. The van der Waals surface area contributed by atoms with Gasteiger partial charge >= 0.3 is 0 Å². The first-order valence-electron chi connectivity index (χ1n) is 6.68. The number of ketones is 1. The third-order valence-electron chi connectivity index (χ3n) is 4.71. The molecule has 2 rings (SSSR count). The fraction of sp³-hybridized carbons (Fsp3) is 0.667. The molecule has 3 nitrogen and oxygen atoms in total. The predicted molar refractivity (Wildman–Crippen MR) is 69.9 cm³/mol. The summed E-state index contributed by atoms with van der Waals surface area (Å²) in [4.78, 5) is 12.1. The second-order valence-corrected chi connectivity index (χ2v) is 5.92. The molecule has 0 unspecified atom stereocenters.